The van der Waals surface area contributed by atoms with Gasteiger partial charge in [-0.3, -0.25) is 0 Å². The molecule has 3 heteroatoms. The van der Waals surface area contributed by atoms with E-state index in [1.165, 1.54) is 42.9 Å². The van der Waals surface area contributed by atoms with Crippen molar-refractivity contribution in [2.24, 2.45) is 0 Å². The number of nitrogens with zero attached hydrogens (tertiary/aromatic N) is 2. The van der Waals surface area contributed by atoms with Crippen molar-refractivity contribution in [2.75, 3.05) is 6.54 Å². The van der Waals surface area contributed by atoms with Gasteiger partial charge in [-0.15, -0.1) is 0 Å². The van der Waals surface area contributed by atoms with Crippen molar-refractivity contribution in [3.63, 3.8) is 0 Å². The molecule has 0 fully saturated rings. The number of aryl methyl sites for hydroxylation is 1. The van der Waals surface area contributed by atoms with Gasteiger partial charge in [-0.25, -0.2) is 4.98 Å². The van der Waals surface area contributed by atoms with Crippen LogP contribution in [0.2, 0.25) is 0 Å². The van der Waals surface area contributed by atoms with Crippen molar-refractivity contribution >= 4 is 0 Å². The Morgan fingerprint density at radius 2 is 2.15 bits per heavy atom. The van der Waals surface area contributed by atoms with Crippen LogP contribution in [0.25, 0.3) is 0 Å². The minimum Gasteiger partial charge on any atom is -0.329 e. The lowest BCUT2D eigenvalue weighted by atomic mass is 10.0. The molecule has 70 valence electrons. The third kappa shape index (κ3) is 1.10. The quantitative estimate of drug-likeness (QED) is 0.637. The molecule has 0 aromatic carbocycles. The van der Waals surface area contributed by atoms with Gasteiger partial charge in [0.15, 0.2) is 0 Å². The first-order valence-corrected chi connectivity index (χ1v) is 5.23. The number of hydrogen-bond donors (Lipinski definition) is 1. The number of rotatable bonds is 0. The molecule has 2 heterocycles. The van der Waals surface area contributed by atoms with E-state index >= 15 is 0 Å². The Morgan fingerprint density at radius 1 is 1.23 bits per heavy atom. The maximum absolute atomic E-state index is 4.69. The SMILES string of the molecule is C1CCc2c(nc3n2CCNC3)C1. The van der Waals surface area contributed by atoms with Gasteiger partial charge < -0.3 is 9.88 Å². The van der Waals surface area contributed by atoms with E-state index in [1.807, 2.05) is 0 Å². The molecule has 1 aliphatic carbocycles. The second-order valence-electron chi connectivity index (χ2n) is 3.96. The zero-order chi connectivity index (χ0) is 8.67. The topological polar surface area (TPSA) is 29.9 Å². The highest BCUT2D eigenvalue weighted by atomic mass is 15.2. The predicted octanol–water partition coefficient (Wildman–Crippen LogP) is 0.865. The highest BCUT2D eigenvalue weighted by molar-refractivity contribution is 5.21. The summed E-state index contributed by atoms with van der Waals surface area (Å²) < 4.78 is 2.44. The lowest BCUT2D eigenvalue weighted by molar-refractivity contribution is 0.488. The van der Waals surface area contributed by atoms with Crippen LogP contribution in [0.3, 0.4) is 0 Å². The number of imidazole rings is 1. The molecule has 1 N–H and O–H groups in total. The lowest BCUT2D eigenvalue weighted by Crippen LogP contribution is -2.29. The maximum atomic E-state index is 4.69. The lowest BCUT2D eigenvalue weighted by Gasteiger charge is -2.18. The van der Waals surface area contributed by atoms with E-state index < -0.39 is 0 Å². The summed E-state index contributed by atoms with van der Waals surface area (Å²) in [6.45, 7) is 3.19. The van der Waals surface area contributed by atoms with Gasteiger partial charge in [0.05, 0.1) is 12.2 Å². The highest BCUT2D eigenvalue weighted by Crippen LogP contribution is 2.22. The van der Waals surface area contributed by atoms with Crippen LogP contribution in [0.15, 0.2) is 0 Å². The first-order valence-electron chi connectivity index (χ1n) is 5.23. The summed E-state index contributed by atoms with van der Waals surface area (Å²) in [5, 5.41) is 3.37. The van der Waals surface area contributed by atoms with Crippen LogP contribution >= 0.6 is 0 Å². The molecule has 0 amide bonds. The number of aromatic nitrogens is 2. The smallest absolute Gasteiger partial charge is 0.123 e. The Hall–Kier alpha value is -0.830. The fourth-order valence-electron chi connectivity index (χ4n) is 2.45. The Morgan fingerprint density at radius 3 is 3.15 bits per heavy atom. The summed E-state index contributed by atoms with van der Waals surface area (Å²) in [5.41, 5.74) is 2.91. The summed E-state index contributed by atoms with van der Waals surface area (Å²) in [6.07, 6.45) is 5.14. The minimum absolute atomic E-state index is 0.965. The average Bonchev–Trinajstić information content (AvgIpc) is 2.56. The Balaban J connectivity index is 2.09. The molecule has 2 aliphatic rings. The molecule has 1 aromatic rings. The number of hydrogen-bond acceptors (Lipinski definition) is 2. The van der Waals surface area contributed by atoms with Crippen molar-refractivity contribution in [1.82, 2.24) is 14.9 Å². The van der Waals surface area contributed by atoms with Gasteiger partial charge in [-0.2, -0.15) is 0 Å². The molecule has 0 unspecified atom stereocenters. The second kappa shape index (κ2) is 2.84. The van der Waals surface area contributed by atoms with Crippen LogP contribution in [0.4, 0.5) is 0 Å². The molecule has 3 nitrogen and oxygen atoms in total. The molecule has 1 aromatic heterocycles. The first kappa shape index (κ1) is 7.56. The van der Waals surface area contributed by atoms with Crippen molar-refractivity contribution in [3.05, 3.63) is 17.2 Å². The highest BCUT2D eigenvalue weighted by Gasteiger charge is 2.20. The van der Waals surface area contributed by atoms with E-state index in [9.17, 15) is 0 Å². The van der Waals surface area contributed by atoms with E-state index in [0.717, 1.165) is 19.6 Å². The van der Waals surface area contributed by atoms with Crippen molar-refractivity contribution in [1.29, 1.82) is 0 Å². The zero-order valence-corrected chi connectivity index (χ0v) is 7.84. The van der Waals surface area contributed by atoms with Gasteiger partial charge in [0.2, 0.25) is 0 Å². The molecule has 3 rings (SSSR count). The molecule has 0 radical (unpaired) electrons. The van der Waals surface area contributed by atoms with Crippen LogP contribution < -0.4 is 5.32 Å². The van der Waals surface area contributed by atoms with Gasteiger partial charge >= 0.3 is 0 Å². The molecular formula is C10H15N3. The van der Waals surface area contributed by atoms with Gasteiger partial charge in [0, 0.05) is 18.8 Å². The summed E-state index contributed by atoms with van der Waals surface area (Å²) in [7, 11) is 0. The molecule has 13 heavy (non-hydrogen) atoms. The zero-order valence-electron chi connectivity index (χ0n) is 7.84. The van der Waals surface area contributed by atoms with Gasteiger partial charge in [-0.1, -0.05) is 0 Å². The molecule has 0 atom stereocenters. The Kier molecular flexibility index (Phi) is 1.65. The van der Waals surface area contributed by atoms with Gasteiger partial charge in [0.1, 0.15) is 5.82 Å². The summed E-state index contributed by atoms with van der Waals surface area (Å²) in [4.78, 5) is 4.69. The Labute approximate surface area is 78.2 Å². The summed E-state index contributed by atoms with van der Waals surface area (Å²) in [5.74, 6) is 1.26. The second-order valence-corrected chi connectivity index (χ2v) is 3.96. The maximum Gasteiger partial charge on any atom is 0.123 e. The van der Waals surface area contributed by atoms with E-state index in [1.54, 1.807) is 0 Å². The standard InChI is InChI=1S/C10H15N3/c1-2-4-9-8(3-1)12-10-7-11-5-6-13(9)10/h11H,1-7H2. The monoisotopic (exact) mass is 177 g/mol. The van der Waals surface area contributed by atoms with E-state index in [2.05, 4.69) is 9.88 Å². The minimum atomic E-state index is 0.965. The average molecular weight is 177 g/mol. The molecule has 0 saturated heterocycles. The van der Waals surface area contributed by atoms with E-state index in [-0.39, 0.29) is 0 Å². The Bertz CT molecular complexity index is 297. The van der Waals surface area contributed by atoms with E-state index in [0.29, 0.717) is 0 Å². The van der Waals surface area contributed by atoms with Crippen molar-refractivity contribution in [3.8, 4) is 0 Å². The predicted molar refractivity (Wildman–Crippen MR) is 50.6 cm³/mol. The molecule has 0 spiro atoms. The van der Waals surface area contributed by atoms with Crippen molar-refractivity contribution in [2.45, 2.75) is 38.8 Å². The van der Waals surface area contributed by atoms with Crippen LogP contribution in [-0.2, 0) is 25.9 Å². The van der Waals surface area contributed by atoms with Gasteiger partial charge in [-0.05, 0) is 25.7 Å². The number of nitrogens with one attached hydrogen (secondary N) is 1. The summed E-state index contributed by atoms with van der Waals surface area (Å²) >= 11 is 0. The van der Waals surface area contributed by atoms with Gasteiger partial charge in [0.25, 0.3) is 0 Å². The van der Waals surface area contributed by atoms with Crippen LogP contribution in [0.5, 0.6) is 0 Å². The third-order valence-electron chi connectivity index (χ3n) is 3.11. The molecular weight excluding hydrogens is 162 g/mol. The molecule has 0 bridgehead atoms. The van der Waals surface area contributed by atoms with Crippen LogP contribution in [-0.4, -0.2) is 16.1 Å². The summed E-state index contributed by atoms with van der Waals surface area (Å²) in [6, 6.07) is 0. The number of fused-ring (bicyclic) bond motifs is 3. The fourth-order valence-corrected chi connectivity index (χ4v) is 2.45. The largest absolute Gasteiger partial charge is 0.329 e. The van der Waals surface area contributed by atoms with E-state index in [4.69, 9.17) is 4.98 Å². The van der Waals surface area contributed by atoms with Crippen LogP contribution in [0.1, 0.15) is 30.1 Å². The first-order chi connectivity index (χ1) is 6.45. The molecule has 1 aliphatic heterocycles. The molecule has 0 saturated carbocycles. The third-order valence-corrected chi connectivity index (χ3v) is 3.11. The fraction of sp³-hybridized carbons (Fsp3) is 0.700. The van der Waals surface area contributed by atoms with Crippen LogP contribution in [0, 0.1) is 0 Å². The normalized spacial score (nSPS) is 20.9. The van der Waals surface area contributed by atoms with Crippen molar-refractivity contribution < 1.29 is 0 Å².